The van der Waals surface area contributed by atoms with Gasteiger partial charge in [0.05, 0.1) is 31.0 Å². The van der Waals surface area contributed by atoms with Crippen molar-refractivity contribution in [2.45, 2.75) is 68.7 Å². The van der Waals surface area contributed by atoms with Crippen molar-refractivity contribution in [3.63, 3.8) is 0 Å². The highest BCUT2D eigenvalue weighted by Crippen LogP contribution is 2.45. The molecule has 5 unspecified atom stereocenters. The summed E-state index contributed by atoms with van der Waals surface area (Å²) in [6, 6.07) is 7.98. The molecule has 0 spiro atoms. The Morgan fingerprint density at radius 3 is 3.04 bits per heavy atom. The van der Waals surface area contributed by atoms with Crippen LogP contribution in [0.4, 0.5) is 0 Å². The summed E-state index contributed by atoms with van der Waals surface area (Å²) in [7, 11) is 0. The molecule has 0 radical (unpaired) electrons. The van der Waals surface area contributed by atoms with E-state index in [1.54, 1.807) is 0 Å². The SMILES string of the molecule is OCc1cccc(C2CCCC(C34C=CC(CC(O)C3)O4)O2)c1. The first kappa shape index (κ1) is 15.3. The second-order valence-electron chi connectivity index (χ2n) is 7.01. The van der Waals surface area contributed by atoms with Crippen LogP contribution in [-0.4, -0.2) is 34.1 Å². The third-order valence-electron chi connectivity index (χ3n) is 5.33. The van der Waals surface area contributed by atoms with Gasteiger partial charge >= 0.3 is 0 Å². The monoisotopic (exact) mass is 316 g/mol. The largest absolute Gasteiger partial charge is 0.393 e. The van der Waals surface area contributed by atoms with Gasteiger partial charge in [-0.25, -0.2) is 0 Å². The van der Waals surface area contributed by atoms with Gasteiger partial charge in [0.15, 0.2) is 0 Å². The minimum Gasteiger partial charge on any atom is -0.393 e. The maximum Gasteiger partial charge on any atom is 0.116 e. The van der Waals surface area contributed by atoms with Crippen LogP contribution >= 0.6 is 0 Å². The Balaban J connectivity index is 1.54. The Kier molecular flexibility index (Phi) is 4.01. The second-order valence-corrected chi connectivity index (χ2v) is 7.01. The molecule has 2 saturated heterocycles. The number of benzene rings is 1. The van der Waals surface area contributed by atoms with Crippen LogP contribution < -0.4 is 0 Å². The normalized spacial score (nSPS) is 39.6. The highest BCUT2D eigenvalue weighted by molar-refractivity contribution is 5.26. The van der Waals surface area contributed by atoms with Gasteiger partial charge in [0.25, 0.3) is 0 Å². The van der Waals surface area contributed by atoms with E-state index >= 15 is 0 Å². The van der Waals surface area contributed by atoms with Gasteiger partial charge in [0, 0.05) is 12.8 Å². The number of fused-ring (bicyclic) bond motifs is 2. The van der Waals surface area contributed by atoms with Crippen molar-refractivity contribution >= 4 is 0 Å². The average Bonchev–Trinajstić information content (AvgIpc) is 2.91. The molecule has 0 amide bonds. The smallest absolute Gasteiger partial charge is 0.116 e. The Morgan fingerprint density at radius 1 is 1.26 bits per heavy atom. The van der Waals surface area contributed by atoms with Crippen molar-refractivity contribution in [3.8, 4) is 0 Å². The predicted molar refractivity (Wildman–Crippen MR) is 85.8 cm³/mol. The highest BCUT2D eigenvalue weighted by Gasteiger charge is 2.50. The van der Waals surface area contributed by atoms with Crippen LogP contribution in [0.15, 0.2) is 36.4 Å². The summed E-state index contributed by atoms with van der Waals surface area (Å²) >= 11 is 0. The maximum absolute atomic E-state index is 10.1. The standard InChI is InChI=1S/C19H24O4/c20-12-13-3-1-4-14(9-13)17-5-2-6-18(22-17)19-8-7-16(23-19)10-15(21)11-19/h1,3-4,7-9,15-18,20-21H,2,5-6,10-12H2. The van der Waals surface area contributed by atoms with Gasteiger partial charge in [-0.3, -0.25) is 0 Å². The molecule has 0 aliphatic carbocycles. The van der Waals surface area contributed by atoms with Crippen LogP contribution in [-0.2, 0) is 16.1 Å². The molecule has 4 rings (SSSR count). The van der Waals surface area contributed by atoms with Crippen LogP contribution in [0.1, 0.15) is 49.3 Å². The summed E-state index contributed by atoms with van der Waals surface area (Å²) in [5.74, 6) is 0. The third kappa shape index (κ3) is 2.85. The molecule has 5 atom stereocenters. The zero-order valence-corrected chi connectivity index (χ0v) is 13.2. The van der Waals surface area contributed by atoms with E-state index in [0.29, 0.717) is 12.8 Å². The van der Waals surface area contributed by atoms with E-state index in [9.17, 15) is 10.2 Å². The van der Waals surface area contributed by atoms with Crippen LogP contribution in [0.25, 0.3) is 0 Å². The van der Waals surface area contributed by atoms with E-state index in [1.807, 2.05) is 18.2 Å². The number of aliphatic hydroxyl groups is 2. The molecule has 1 aromatic rings. The van der Waals surface area contributed by atoms with E-state index < -0.39 is 5.60 Å². The van der Waals surface area contributed by atoms with Crippen molar-refractivity contribution in [1.82, 2.24) is 0 Å². The first-order valence-electron chi connectivity index (χ1n) is 8.59. The fraction of sp³-hybridized carbons (Fsp3) is 0.579. The molecule has 0 aromatic heterocycles. The van der Waals surface area contributed by atoms with Gasteiger partial charge in [-0.1, -0.05) is 36.4 Å². The van der Waals surface area contributed by atoms with Gasteiger partial charge in [-0.15, -0.1) is 0 Å². The first-order valence-corrected chi connectivity index (χ1v) is 8.59. The number of rotatable bonds is 3. The lowest BCUT2D eigenvalue weighted by Crippen LogP contribution is -2.51. The highest BCUT2D eigenvalue weighted by atomic mass is 16.6. The second kappa shape index (κ2) is 6.02. The molecule has 3 aliphatic rings. The van der Waals surface area contributed by atoms with Crippen molar-refractivity contribution < 1.29 is 19.7 Å². The summed E-state index contributed by atoms with van der Waals surface area (Å²) in [5, 5.41) is 19.5. The number of ether oxygens (including phenoxy) is 2. The van der Waals surface area contributed by atoms with Gasteiger partial charge in [0.1, 0.15) is 5.60 Å². The number of hydrogen-bond acceptors (Lipinski definition) is 4. The van der Waals surface area contributed by atoms with Crippen molar-refractivity contribution in [1.29, 1.82) is 0 Å². The molecule has 3 heterocycles. The molecule has 124 valence electrons. The lowest BCUT2D eigenvalue weighted by Gasteiger charge is -2.44. The third-order valence-corrected chi connectivity index (χ3v) is 5.33. The summed E-state index contributed by atoms with van der Waals surface area (Å²) < 4.78 is 12.6. The fourth-order valence-electron chi connectivity index (χ4n) is 4.23. The summed E-state index contributed by atoms with van der Waals surface area (Å²) in [6.45, 7) is 0.0493. The number of hydrogen-bond donors (Lipinski definition) is 2. The van der Waals surface area contributed by atoms with Crippen molar-refractivity contribution in [3.05, 3.63) is 47.5 Å². The molecule has 23 heavy (non-hydrogen) atoms. The first-order chi connectivity index (χ1) is 11.2. The lowest BCUT2D eigenvalue weighted by atomic mass is 9.83. The minimum absolute atomic E-state index is 0.0183. The minimum atomic E-state index is -0.463. The summed E-state index contributed by atoms with van der Waals surface area (Å²) in [5.41, 5.74) is 1.57. The average molecular weight is 316 g/mol. The molecule has 1 aromatic carbocycles. The number of aliphatic hydroxyl groups excluding tert-OH is 2. The van der Waals surface area contributed by atoms with E-state index in [-0.39, 0.29) is 31.0 Å². The molecule has 4 heteroatoms. The zero-order valence-electron chi connectivity index (χ0n) is 13.2. The van der Waals surface area contributed by atoms with Crippen LogP contribution in [0.2, 0.25) is 0 Å². The molecule has 3 aliphatic heterocycles. The van der Waals surface area contributed by atoms with Crippen molar-refractivity contribution in [2.24, 2.45) is 0 Å². The lowest BCUT2D eigenvalue weighted by molar-refractivity contribution is -0.197. The maximum atomic E-state index is 10.1. The van der Waals surface area contributed by atoms with E-state index in [0.717, 1.165) is 30.4 Å². The van der Waals surface area contributed by atoms with Crippen molar-refractivity contribution in [2.75, 3.05) is 0 Å². The Labute approximate surface area is 136 Å². The van der Waals surface area contributed by atoms with Crippen LogP contribution in [0.5, 0.6) is 0 Å². The van der Waals surface area contributed by atoms with E-state index in [4.69, 9.17) is 9.47 Å². The van der Waals surface area contributed by atoms with Gasteiger partial charge in [-0.05, 0) is 30.4 Å². The topological polar surface area (TPSA) is 58.9 Å². The fourth-order valence-corrected chi connectivity index (χ4v) is 4.23. The Hall–Kier alpha value is -1.20. The Bertz CT molecular complexity index is 599. The van der Waals surface area contributed by atoms with Gasteiger partial charge in [-0.2, -0.15) is 0 Å². The van der Waals surface area contributed by atoms with Crippen LogP contribution in [0, 0.1) is 0 Å². The predicted octanol–water partition coefficient (Wildman–Crippen LogP) is 2.64. The zero-order chi connectivity index (χ0) is 15.9. The molecule has 0 saturated carbocycles. The molecule has 4 nitrogen and oxygen atoms in total. The molecular weight excluding hydrogens is 292 g/mol. The van der Waals surface area contributed by atoms with E-state index in [1.165, 1.54) is 0 Å². The van der Waals surface area contributed by atoms with E-state index in [2.05, 4.69) is 18.2 Å². The molecule has 2 fully saturated rings. The van der Waals surface area contributed by atoms with Gasteiger partial charge < -0.3 is 19.7 Å². The molecule has 2 N–H and O–H groups in total. The van der Waals surface area contributed by atoms with Gasteiger partial charge in [0.2, 0.25) is 0 Å². The molecule has 2 bridgehead atoms. The quantitative estimate of drug-likeness (QED) is 0.842. The molecular formula is C19H24O4. The summed E-state index contributed by atoms with van der Waals surface area (Å²) in [6.07, 6.45) is 8.25. The summed E-state index contributed by atoms with van der Waals surface area (Å²) in [4.78, 5) is 0. The van der Waals surface area contributed by atoms with Crippen LogP contribution in [0.3, 0.4) is 0 Å². The Morgan fingerprint density at radius 2 is 2.17 bits per heavy atom.